The number of rotatable bonds is 5. The number of halogens is 1. The summed E-state index contributed by atoms with van der Waals surface area (Å²) in [6.07, 6.45) is 2.18. The molecule has 3 rings (SSSR count). The molecular formula is C22H28ClNO4S. The Morgan fingerprint density at radius 2 is 2.03 bits per heavy atom. The number of carbonyl (C=O) groups excluding carboxylic acids is 1. The van der Waals surface area contributed by atoms with Crippen LogP contribution >= 0.6 is 22.9 Å². The molecule has 1 aromatic carbocycles. The molecule has 0 bridgehead atoms. The van der Waals surface area contributed by atoms with E-state index in [2.05, 4.69) is 0 Å². The summed E-state index contributed by atoms with van der Waals surface area (Å²) < 4.78 is 16.6. The zero-order valence-electron chi connectivity index (χ0n) is 17.6. The minimum absolute atomic E-state index is 0.0406. The third-order valence-corrected chi connectivity index (χ3v) is 6.50. The minimum Gasteiger partial charge on any atom is -0.497 e. The van der Waals surface area contributed by atoms with E-state index in [0.29, 0.717) is 18.0 Å². The normalized spacial score (nSPS) is 16.1. The molecule has 0 aliphatic heterocycles. The molecule has 1 aliphatic carbocycles. The number of nitrogens with zero attached hydrogens (tertiary/aromatic N) is 1. The molecule has 1 heterocycles. The molecular weight excluding hydrogens is 410 g/mol. The Labute approximate surface area is 181 Å². The van der Waals surface area contributed by atoms with Crippen LogP contribution in [0.3, 0.4) is 0 Å². The van der Waals surface area contributed by atoms with Crippen molar-refractivity contribution in [2.24, 2.45) is 0 Å². The molecule has 5 nitrogen and oxygen atoms in total. The first kappa shape index (κ1) is 21.8. The lowest BCUT2D eigenvalue weighted by Gasteiger charge is -2.36. The van der Waals surface area contributed by atoms with E-state index >= 15 is 0 Å². The van der Waals surface area contributed by atoms with Crippen LogP contribution in [-0.4, -0.2) is 36.9 Å². The van der Waals surface area contributed by atoms with E-state index in [-0.39, 0.29) is 12.1 Å². The summed E-state index contributed by atoms with van der Waals surface area (Å²) >= 11 is 7.97. The molecule has 1 unspecified atom stereocenters. The quantitative estimate of drug-likeness (QED) is 0.600. The fourth-order valence-electron chi connectivity index (χ4n) is 3.55. The number of ether oxygens (including phenoxy) is 3. The second-order valence-electron chi connectivity index (χ2n) is 8.17. The van der Waals surface area contributed by atoms with Gasteiger partial charge in [-0.15, -0.1) is 11.3 Å². The molecule has 158 valence electrons. The molecule has 7 heteroatoms. The van der Waals surface area contributed by atoms with Gasteiger partial charge in [-0.05, 0) is 51.3 Å². The van der Waals surface area contributed by atoms with Gasteiger partial charge in [0.05, 0.1) is 25.8 Å². The van der Waals surface area contributed by atoms with Gasteiger partial charge in [0.15, 0.2) is 0 Å². The summed E-state index contributed by atoms with van der Waals surface area (Å²) in [5.74, 6) is 1.40. The number of hydrogen-bond donors (Lipinski definition) is 0. The van der Waals surface area contributed by atoms with Gasteiger partial charge in [-0.1, -0.05) is 11.6 Å². The number of hydrogen-bond acceptors (Lipinski definition) is 5. The Kier molecular flexibility index (Phi) is 6.64. The predicted octanol–water partition coefficient (Wildman–Crippen LogP) is 5.71. The summed E-state index contributed by atoms with van der Waals surface area (Å²) in [5, 5.41) is 2.82. The number of methoxy groups -OCH3 is 2. The molecule has 0 spiro atoms. The summed E-state index contributed by atoms with van der Waals surface area (Å²) in [4.78, 5) is 16.2. The van der Waals surface area contributed by atoms with Gasteiger partial charge in [0, 0.05) is 34.3 Å². The second-order valence-corrected chi connectivity index (χ2v) is 9.54. The van der Waals surface area contributed by atoms with E-state index < -0.39 is 5.60 Å². The maximum Gasteiger partial charge on any atom is 0.410 e. The highest BCUT2D eigenvalue weighted by atomic mass is 35.5. The van der Waals surface area contributed by atoms with Crippen molar-refractivity contribution in [3.05, 3.63) is 44.6 Å². The van der Waals surface area contributed by atoms with Gasteiger partial charge in [-0.2, -0.15) is 0 Å². The smallest absolute Gasteiger partial charge is 0.410 e. The van der Waals surface area contributed by atoms with Gasteiger partial charge in [-0.3, -0.25) is 0 Å². The first-order chi connectivity index (χ1) is 13.7. The van der Waals surface area contributed by atoms with E-state index in [1.54, 1.807) is 25.6 Å². The van der Waals surface area contributed by atoms with Crippen LogP contribution in [0.2, 0.25) is 5.02 Å². The highest BCUT2D eigenvalue weighted by Crippen LogP contribution is 2.36. The minimum atomic E-state index is -0.564. The Morgan fingerprint density at radius 3 is 2.69 bits per heavy atom. The average Bonchev–Trinajstić information content (AvgIpc) is 3.04. The standard InChI is InChI=1S/C22H28ClNO4S/c1-22(2,3)28-21(25)24(12-14-6-8-16(26-4)11-19(14)27-5)15-7-9-17-18(23)13-29-20(17)10-15/h6,8,11,13,15H,7,9-10,12H2,1-5H3. The van der Waals surface area contributed by atoms with Crippen molar-refractivity contribution in [1.82, 2.24) is 4.90 Å². The summed E-state index contributed by atoms with van der Waals surface area (Å²) in [6, 6.07) is 5.69. The maximum absolute atomic E-state index is 13.1. The highest BCUT2D eigenvalue weighted by molar-refractivity contribution is 7.10. The molecule has 1 atom stereocenters. The van der Waals surface area contributed by atoms with Gasteiger partial charge in [0.1, 0.15) is 17.1 Å². The maximum atomic E-state index is 13.1. The Balaban J connectivity index is 1.89. The van der Waals surface area contributed by atoms with Crippen molar-refractivity contribution in [1.29, 1.82) is 0 Å². The molecule has 2 aromatic rings. The molecule has 0 N–H and O–H groups in total. The summed E-state index contributed by atoms with van der Waals surface area (Å²) in [5.41, 5.74) is 1.57. The van der Waals surface area contributed by atoms with Crippen molar-refractivity contribution >= 4 is 29.0 Å². The number of thiophene rings is 1. The molecule has 0 saturated heterocycles. The lowest BCUT2D eigenvalue weighted by Crippen LogP contribution is -2.45. The van der Waals surface area contributed by atoms with E-state index in [4.69, 9.17) is 25.8 Å². The van der Waals surface area contributed by atoms with Gasteiger partial charge in [0.25, 0.3) is 0 Å². The SMILES string of the molecule is COc1ccc(CN(C(=O)OC(C)(C)C)C2CCc3c(Cl)csc3C2)c(OC)c1. The van der Waals surface area contributed by atoms with Gasteiger partial charge in [-0.25, -0.2) is 4.79 Å². The lowest BCUT2D eigenvalue weighted by atomic mass is 9.93. The molecule has 0 radical (unpaired) electrons. The molecule has 0 saturated carbocycles. The number of amides is 1. The first-order valence-electron chi connectivity index (χ1n) is 9.67. The van der Waals surface area contributed by atoms with Gasteiger partial charge in [0.2, 0.25) is 0 Å². The summed E-state index contributed by atoms with van der Waals surface area (Å²) in [7, 11) is 3.24. The molecule has 1 amide bonds. The molecule has 29 heavy (non-hydrogen) atoms. The second kappa shape index (κ2) is 8.84. The third-order valence-electron chi connectivity index (χ3n) is 4.98. The van der Waals surface area contributed by atoms with E-state index in [9.17, 15) is 4.79 Å². The van der Waals surface area contributed by atoms with Crippen LogP contribution in [0.1, 0.15) is 43.2 Å². The monoisotopic (exact) mass is 437 g/mol. The number of benzene rings is 1. The zero-order chi connectivity index (χ0) is 21.2. The van der Waals surface area contributed by atoms with Crippen LogP contribution in [-0.2, 0) is 24.1 Å². The third kappa shape index (κ3) is 5.17. The molecule has 0 fully saturated rings. The van der Waals surface area contributed by atoms with Crippen molar-refractivity contribution in [3.63, 3.8) is 0 Å². The van der Waals surface area contributed by atoms with Crippen molar-refractivity contribution in [2.75, 3.05) is 14.2 Å². The van der Waals surface area contributed by atoms with E-state index in [1.165, 1.54) is 10.4 Å². The van der Waals surface area contributed by atoms with Crippen LogP contribution < -0.4 is 9.47 Å². The van der Waals surface area contributed by atoms with Gasteiger partial charge >= 0.3 is 6.09 Å². The van der Waals surface area contributed by atoms with Crippen LogP contribution in [0.15, 0.2) is 23.6 Å². The number of fused-ring (bicyclic) bond motifs is 1. The lowest BCUT2D eigenvalue weighted by molar-refractivity contribution is 0.0124. The van der Waals surface area contributed by atoms with E-state index in [1.807, 2.05) is 49.3 Å². The van der Waals surface area contributed by atoms with E-state index in [0.717, 1.165) is 29.8 Å². The Bertz CT molecular complexity index is 874. The highest BCUT2D eigenvalue weighted by Gasteiger charge is 2.33. The molecule has 1 aliphatic rings. The van der Waals surface area contributed by atoms with Crippen molar-refractivity contribution in [3.8, 4) is 11.5 Å². The topological polar surface area (TPSA) is 48.0 Å². The first-order valence-corrected chi connectivity index (χ1v) is 10.9. The fraction of sp³-hybridized carbons (Fsp3) is 0.500. The van der Waals surface area contributed by atoms with Crippen LogP contribution in [0.25, 0.3) is 0 Å². The number of carbonyl (C=O) groups is 1. The predicted molar refractivity (Wildman–Crippen MR) is 116 cm³/mol. The average molecular weight is 438 g/mol. The molecule has 1 aromatic heterocycles. The Morgan fingerprint density at radius 1 is 1.28 bits per heavy atom. The Hall–Kier alpha value is -1.92. The zero-order valence-corrected chi connectivity index (χ0v) is 19.2. The van der Waals surface area contributed by atoms with Crippen LogP contribution in [0.5, 0.6) is 11.5 Å². The van der Waals surface area contributed by atoms with Crippen molar-refractivity contribution < 1.29 is 19.0 Å². The largest absolute Gasteiger partial charge is 0.497 e. The van der Waals surface area contributed by atoms with Gasteiger partial charge < -0.3 is 19.1 Å². The fourth-order valence-corrected chi connectivity index (χ4v) is 4.98. The van der Waals surface area contributed by atoms with Crippen LogP contribution in [0.4, 0.5) is 4.79 Å². The summed E-state index contributed by atoms with van der Waals surface area (Å²) in [6.45, 7) is 6.06. The van der Waals surface area contributed by atoms with Crippen LogP contribution in [0, 0.1) is 0 Å². The van der Waals surface area contributed by atoms with Crippen molar-refractivity contribution in [2.45, 2.75) is 58.2 Å².